The van der Waals surface area contributed by atoms with Crippen LogP contribution in [0.25, 0.3) is 33.3 Å². The van der Waals surface area contributed by atoms with Crippen molar-refractivity contribution in [3.05, 3.63) is 42.4 Å². The van der Waals surface area contributed by atoms with Gasteiger partial charge in [-0.2, -0.15) is 10.2 Å². The number of thiocarbonyl (C=S) groups is 1. The second-order valence-corrected chi connectivity index (χ2v) is 6.28. The summed E-state index contributed by atoms with van der Waals surface area (Å²) in [7, 11) is 3.63. The molecule has 0 unspecified atom stereocenters. The molecule has 3 aromatic heterocycles. The van der Waals surface area contributed by atoms with Crippen LogP contribution in [0.3, 0.4) is 0 Å². The number of pyridine rings is 1. The summed E-state index contributed by atoms with van der Waals surface area (Å²) in [5.74, 6) is 0.772. The van der Waals surface area contributed by atoms with Crippen molar-refractivity contribution < 1.29 is 0 Å². The maximum Gasteiger partial charge on any atom is 0.186 e. The number of H-pyrrole nitrogens is 1. The summed E-state index contributed by atoms with van der Waals surface area (Å²) in [4.78, 5) is 9.17. The Morgan fingerprint density at radius 3 is 3.00 bits per heavy atom. The van der Waals surface area contributed by atoms with Gasteiger partial charge in [0.2, 0.25) is 0 Å². The zero-order valence-corrected chi connectivity index (χ0v) is 15.0. The number of hydrogen-bond donors (Lipinski definition) is 2. The molecule has 0 bridgehead atoms. The van der Waals surface area contributed by atoms with Crippen LogP contribution in [0.1, 0.15) is 5.56 Å². The lowest BCUT2D eigenvalue weighted by Gasteiger charge is -2.11. The molecule has 4 rings (SSSR count). The summed E-state index contributed by atoms with van der Waals surface area (Å²) in [5, 5.41) is 15.1. The second kappa shape index (κ2) is 6.19. The van der Waals surface area contributed by atoms with E-state index in [-0.39, 0.29) is 5.11 Å². The van der Waals surface area contributed by atoms with Gasteiger partial charge in [0.05, 0.1) is 23.4 Å². The number of hydrogen-bond acceptors (Lipinski definition) is 5. The molecule has 3 heterocycles. The van der Waals surface area contributed by atoms with Gasteiger partial charge in [-0.05, 0) is 30.4 Å². The molecule has 0 aliphatic heterocycles. The molecule has 26 heavy (non-hydrogen) atoms. The van der Waals surface area contributed by atoms with E-state index in [1.807, 2.05) is 36.0 Å². The van der Waals surface area contributed by atoms with Crippen molar-refractivity contribution in [3.8, 4) is 11.5 Å². The predicted molar refractivity (Wildman–Crippen MR) is 106 cm³/mol. The minimum atomic E-state index is 0.190. The zero-order valence-electron chi connectivity index (χ0n) is 14.2. The Hall–Kier alpha value is -3.33. The van der Waals surface area contributed by atoms with E-state index < -0.39 is 0 Å². The van der Waals surface area contributed by atoms with Crippen molar-refractivity contribution in [2.75, 3.05) is 7.05 Å². The van der Waals surface area contributed by atoms with Crippen molar-refractivity contribution in [1.29, 1.82) is 0 Å². The van der Waals surface area contributed by atoms with E-state index in [2.05, 4.69) is 20.3 Å². The molecule has 1 aromatic carbocycles. The van der Waals surface area contributed by atoms with Crippen LogP contribution in [0.5, 0.6) is 0 Å². The minimum absolute atomic E-state index is 0.190. The Labute approximate surface area is 154 Å². The second-order valence-electron chi connectivity index (χ2n) is 5.86. The molecule has 9 heteroatoms. The highest BCUT2D eigenvalue weighted by Gasteiger charge is 2.13. The molecule has 0 aliphatic rings. The van der Waals surface area contributed by atoms with Gasteiger partial charge in [0, 0.05) is 42.8 Å². The molecule has 4 aromatic rings. The van der Waals surface area contributed by atoms with Crippen LogP contribution in [-0.4, -0.2) is 48.1 Å². The summed E-state index contributed by atoms with van der Waals surface area (Å²) in [5.41, 5.74) is 8.96. The number of aromatic amines is 1. The van der Waals surface area contributed by atoms with E-state index in [9.17, 15) is 0 Å². The van der Waals surface area contributed by atoms with Gasteiger partial charge in [-0.15, -0.1) is 0 Å². The molecule has 0 amide bonds. The zero-order chi connectivity index (χ0) is 18.3. The van der Waals surface area contributed by atoms with Crippen molar-refractivity contribution in [2.45, 2.75) is 0 Å². The summed E-state index contributed by atoms with van der Waals surface area (Å²) < 4.78 is 1.92. The molecule has 8 nitrogen and oxygen atoms in total. The van der Waals surface area contributed by atoms with Crippen LogP contribution in [0.15, 0.2) is 41.9 Å². The van der Waals surface area contributed by atoms with E-state index in [1.54, 1.807) is 25.7 Å². The van der Waals surface area contributed by atoms with Crippen molar-refractivity contribution >= 4 is 45.4 Å². The molecule has 130 valence electrons. The van der Waals surface area contributed by atoms with Crippen molar-refractivity contribution in [2.24, 2.45) is 17.9 Å². The smallest absolute Gasteiger partial charge is 0.186 e. The third-order valence-corrected chi connectivity index (χ3v) is 4.42. The van der Waals surface area contributed by atoms with Crippen LogP contribution in [0.2, 0.25) is 0 Å². The molecule has 0 radical (unpaired) electrons. The number of hydrazone groups is 1. The molecular formula is C17H16N8S. The van der Waals surface area contributed by atoms with Gasteiger partial charge in [0.25, 0.3) is 0 Å². The van der Waals surface area contributed by atoms with E-state index >= 15 is 0 Å². The van der Waals surface area contributed by atoms with Gasteiger partial charge in [0.1, 0.15) is 5.69 Å². The van der Waals surface area contributed by atoms with Crippen LogP contribution in [0, 0.1) is 0 Å². The summed E-state index contributed by atoms with van der Waals surface area (Å²) in [6, 6.07) is 5.90. The summed E-state index contributed by atoms with van der Waals surface area (Å²) >= 11 is 4.95. The largest absolute Gasteiger partial charge is 0.375 e. The predicted octanol–water partition coefficient (Wildman–Crippen LogP) is 2.02. The lowest BCUT2D eigenvalue weighted by Crippen LogP contribution is -2.27. The first-order chi connectivity index (χ1) is 12.5. The van der Waals surface area contributed by atoms with E-state index in [4.69, 9.17) is 22.9 Å². The number of aromatic nitrogens is 5. The third-order valence-electron chi connectivity index (χ3n) is 4.16. The number of nitrogens with two attached hydrogens (primary N) is 1. The number of aryl methyl sites for hydroxylation is 1. The first-order valence-corrected chi connectivity index (χ1v) is 8.27. The Morgan fingerprint density at radius 2 is 2.27 bits per heavy atom. The lowest BCUT2D eigenvalue weighted by molar-refractivity contribution is 0.552. The van der Waals surface area contributed by atoms with Crippen LogP contribution in [0.4, 0.5) is 0 Å². The fraction of sp³-hybridized carbons (Fsp3) is 0.118. The van der Waals surface area contributed by atoms with Gasteiger partial charge in [-0.25, -0.2) is 15.0 Å². The standard InChI is InChI=1S/C17H16N8S/c1-24-6-5-19-16(24)13-7-11(9-21-25(2)17(18)26)14-12(22-13)4-3-10-8-20-23-15(10)14/h3-9H,1-2H3,(H2,18,26)(H,20,23). The SMILES string of the molecule is CN(N=Cc1cc(-c2nccn2C)nc2ccc3cn[nH]c3c12)C(N)=S. The minimum Gasteiger partial charge on any atom is -0.375 e. The van der Waals surface area contributed by atoms with Gasteiger partial charge in [-0.3, -0.25) is 5.10 Å². The molecule has 0 atom stereocenters. The fourth-order valence-corrected chi connectivity index (χ4v) is 2.85. The number of nitrogens with zero attached hydrogens (tertiary/aromatic N) is 6. The summed E-state index contributed by atoms with van der Waals surface area (Å²) in [6.45, 7) is 0. The molecular weight excluding hydrogens is 348 g/mol. The van der Waals surface area contributed by atoms with E-state index in [1.165, 1.54) is 5.01 Å². The monoisotopic (exact) mass is 364 g/mol. The number of fused-ring (bicyclic) bond motifs is 3. The van der Waals surface area contributed by atoms with Crippen LogP contribution >= 0.6 is 12.2 Å². The Balaban J connectivity index is 1.99. The number of imidazole rings is 1. The highest BCUT2D eigenvalue weighted by Crippen LogP contribution is 2.28. The Morgan fingerprint density at radius 1 is 1.42 bits per heavy atom. The average molecular weight is 364 g/mol. The highest BCUT2D eigenvalue weighted by atomic mass is 32.1. The van der Waals surface area contributed by atoms with Crippen molar-refractivity contribution in [1.82, 2.24) is 29.7 Å². The summed E-state index contributed by atoms with van der Waals surface area (Å²) in [6.07, 6.45) is 7.13. The Kier molecular flexibility index (Phi) is 3.85. The van der Waals surface area contributed by atoms with Crippen LogP contribution < -0.4 is 5.73 Å². The molecule has 0 aliphatic carbocycles. The van der Waals surface area contributed by atoms with E-state index in [0.29, 0.717) is 0 Å². The van der Waals surface area contributed by atoms with Gasteiger partial charge in [0.15, 0.2) is 10.9 Å². The Bertz CT molecular complexity index is 1160. The van der Waals surface area contributed by atoms with Gasteiger partial charge >= 0.3 is 0 Å². The quantitative estimate of drug-likeness (QED) is 0.328. The molecule has 0 saturated heterocycles. The fourth-order valence-electron chi connectivity index (χ4n) is 2.80. The third kappa shape index (κ3) is 2.68. The van der Waals surface area contributed by atoms with Gasteiger partial charge in [-0.1, -0.05) is 0 Å². The molecule has 0 spiro atoms. The van der Waals surface area contributed by atoms with E-state index in [0.717, 1.165) is 38.9 Å². The van der Waals surface area contributed by atoms with Crippen molar-refractivity contribution in [3.63, 3.8) is 0 Å². The average Bonchev–Trinajstić information content (AvgIpc) is 3.27. The topological polar surface area (TPSA) is 101 Å². The first-order valence-electron chi connectivity index (χ1n) is 7.86. The lowest BCUT2D eigenvalue weighted by atomic mass is 10.1. The van der Waals surface area contributed by atoms with Crippen LogP contribution in [-0.2, 0) is 7.05 Å². The highest BCUT2D eigenvalue weighted by molar-refractivity contribution is 7.80. The first kappa shape index (κ1) is 16.2. The molecule has 0 fully saturated rings. The maximum absolute atomic E-state index is 5.62. The molecule has 0 saturated carbocycles. The number of nitrogens with one attached hydrogen (secondary N) is 1. The maximum atomic E-state index is 5.62. The van der Waals surface area contributed by atoms with Gasteiger partial charge < -0.3 is 10.3 Å². The molecule has 3 N–H and O–H groups in total. The number of benzene rings is 1. The normalized spacial score (nSPS) is 11.6. The number of rotatable bonds is 3.